The van der Waals surface area contributed by atoms with Gasteiger partial charge < -0.3 is 0 Å². The van der Waals surface area contributed by atoms with Crippen LogP contribution >= 0.6 is 23.8 Å². The van der Waals surface area contributed by atoms with Crippen LogP contribution in [0.5, 0.6) is 0 Å². The lowest BCUT2D eigenvalue weighted by Crippen LogP contribution is -2.01. The standard InChI is InChI=1S/C20H14ClN5O2S/c21-17-9-8-13(10-18(17)26(27)28)12-22-25-19(23-24-20(25)29)11-15-6-3-5-14-4-1-2-7-16(14)15/h1-10,12H,11H2,(H,24,29). The maximum absolute atomic E-state index is 11.1. The van der Waals surface area contributed by atoms with Crippen LogP contribution in [0.1, 0.15) is 17.0 Å². The van der Waals surface area contributed by atoms with E-state index in [1.807, 2.05) is 24.3 Å². The van der Waals surface area contributed by atoms with Crippen molar-refractivity contribution in [3.8, 4) is 0 Å². The monoisotopic (exact) mass is 423 g/mol. The molecule has 144 valence electrons. The predicted octanol–water partition coefficient (Wildman–Crippen LogP) is 5.13. The summed E-state index contributed by atoms with van der Waals surface area (Å²) in [6.07, 6.45) is 2.01. The summed E-state index contributed by atoms with van der Waals surface area (Å²) in [5.74, 6) is 0.631. The van der Waals surface area contributed by atoms with Crippen molar-refractivity contribution in [2.75, 3.05) is 0 Å². The number of hydrogen-bond donors (Lipinski definition) is 1. The molecule has 0 aliphatic rings. The Labute approximate surface area is 175 Å². The number of halogens is 1. The first-order chi connectivity index (χ1) is 14.0. The number of nitrogens with zero attached hydrogens (tertiary/aromatic N) is 4. The number of nitro groups is 1. The molecule has 0 unspecified atom stereocenters. The number of nitrogens with one attached hydrogen (secondary N) is 1. The van der Waals surface area contributed by atoms with Crippen molar-refractivity contribution in [3.63, 3.8) is 0 Å². The first-order valence-corrected chi connectivity index (χ1v) is 9.43. The van der Waals surface area contributed by atoms with Gasteiger partial charge in [-0.1, -0.05) is 60.1 Å². The van der Waals surface area contributed by atoms with Gasteiger partial charge in [0.25, 0.3) is 5.69 Å². The molecule has 29 heavy (non-hydrogen) atoms. The number of H-pyrrole nitrogens is 1. The second-order valence-electron chi connectivity index (χ2n) is 6.28. The number of nitro benzene ring substituents is 1. The lowest BCUT2D eigenvalue weighted by atomic mass is 10.0. The maximum atomic E-state index is 11.1. The number of aromatic nitrogens is 3. The zero-order chi connectivity index (χ0) is 20.4. The lowest BCUT2D eigenvalue weighted by Gasteiger charge is -2.06. The van der Waals surface area contributed by atoms with Gasteiger partial charge in [-0.05, 0) is 34.6 Å². The second kappa shape index (κ2) is 7.94. The van der Waals surface area contributed by atoms with Crippen molar-refractivity contribution in [1.29, 1.82) is 0 Å². The molecule has 1 aromatic heterocycles. The Morgan fingerprint density at radius 3 is 2.83 bits per heavy atom. The number of hydrogen-bond acceptors (Lipinski definition) is 5. The highest BCUT2D eigenvalue weighted by molar-refractivity contribution is 7.71. The van der Waals surface area contributed by atoms with Gasteiger partial charge in [0, 0.05) is 18.1 Å². The van der Waals surface area contributed by atoms with E-state index in [4.69, 9.17) is 23.8 Å². The van der Waals surface area contributed by atoms with Crippen molar-refractivity contribution >= 4 is 46.5 Å². The number of aromatic amines is 1. The maximum Gasteiger partial charge on any atom is 0.288 e. The van der Waals surface area contributed by atoms with Crippen LogP contribution in [0.4, 0.5) is 5.69 Å². The van der Waals surface area contributed by atoms with Crippen molar-refractivity contribution in [2.45, 2.75) is 6.42 Å². The summed E-state index contributed by atoms with van der Waals surface area (Å²) in [7, 11) is 0. The SMILES string of the molecule is O=[N+]([O-])c1cc(C=Nn2c(Cc3cccc4ccccc34)n[nH]c2=S)ccc1Cl. The summed E-state index contributed by atoms with van der Waals surface area (Å²) in [4.78, 5) is 10.5. The van der Waals surface area contributed by atoms with Crippen LogP contribution in [0.15, 0.2) is 65.8 Å². The summed E-state index contributed by atoms with van der Waals surface area (Å²) in [6.45, 7) is 0. The third kappa shape index (κ3) is 3.94. The molecular weight excluding hydrogens is 410 g/mol. The summed E-state index contributed by atoms with van der Waals surface area (Å²) in [5.41, 5.74) is 1.44. The topological polar surface area (TPSA) is 89.1 Å². The zero-order valence-corrected chi connectivity index (χ0v) is 16.5. The van der Waals surface area contributed by atoms with Crippen molar-refractivity contribution in [2.24, 2.45) is 5.10 Å². The molecule has 0 amide bonds. The molecule has 4 aromatic rings. The first-order valence-electron chi connectivity index (χ1n) is 8.64. The van der Waals surface area contributed by atoms with Crippen molar-refractivity contribution in [1.82, 2.24) is 14.9 Å². The van der Waals surface area contributed by atoms with E-state index in [-0.39, 0.29) is 10.7 Å². The van der Waals surface area contributed by atoms with Gasteiger partial charge in [0.15, 0.2) is 5.82 Å². The zero-order valence-electron chi connectivity index (χ0n) is 14.9. The average Bonchev–Trinajstić information content (AvgIpc) is 3.07. The summed E-state index contributed by atoms with van der Waals surface area (Å²) in [5, 5.41) is 24.8. The van der Waals surface area contributed by atoms with Gasteiger partial charge in [0.05, 0.1) is 11.1 Å². The third-order valence-corrected chi connectivity index (χ3v) is 5.02. The van der Waals surface area contributed by atoms with E-state index in [0.717, 1.165) is 16.3 Å². The van der Waals surface area contributed by atoms with E-state index >= 15 is 0 Å². The Balaban J connectivity index is 1.68. The van der Waals surface area contributed by atoms with Gasteiger partial charge in [-0.3, -0.25) is 15.2 Å². The molecule has 0 saturated heterocycles. The number of rotatable bonds is 5. The normalized spacial score (nSPS) is 11.3. The van der Waals surface area contributed by atoms with E-state index in [1.165, 1.54) is 23.0 Å². The smallest absolute Gasteiger partial charge is 0.258 e. The molecule has 0 atom stereocenters. The average molecular weight is 424 g/mol. The molecule has 4 rings (SSSR count). The minimum Gasteiger partial charge on any atom is -0.258 e. The van der Waals surface area contributed by atoms with Gasteiger partial charge in [-0.25, -0.2) is 0 Å². The minimum atomic E-state index is -0.533. The van der Waals surface area contributed by atoms with Crippen molar-refractivity contribution < 1.29 is 4.92 Å². The molecule has 0 aliphatic heterocycles. The molecule has 7 nitrogen and oxygen atoms in total. The fourth-order valence-corrected chi connectivity index (χ4v) is 3.43. The van der Waals surface area contributed by atoms with Crippen molar-refractivity contribution in [3.05, 3.63) is 97.5 Å². The molecule has 0 spiro atoms. The third-order valence-electron chi connectivity index (χ3n) is 4.44. The largest absolute Gasteiger partial charge is 0.288 e. The molecule has 0 radical (unpaired) electrons. The molecular formula is C20H14ClN5O2S. The molecule has 0 fully saturated rings. The number of fused-ring (bicyclic) bond motifs is 1. The summed E-state index contributed by atoms with van der Waals surface area (Å²) in [6, 6.07) is 18.7. The fraction of sp³-hybridized carbons (Fsp3) is 0.0500. The van der Waals surface area contributed by atoms with Crippen LogP contribution < -0.4 is 0 Å². The van der Waals surface area contributed by atoms with E-state index in [2.05, 4.69) is 33.5 Å². The van der Waals surface area contributed by atoms with Gasteiger partial charge in [-0.2, -0.15) is 14.9 Å². The van der Waals surface area contributed by atoms with Gasteiger partial charge in [0.1, 0.15) is 5.02 Å². The van der Waals surface area contributed by atoms with Crippen LogP contribution in [0.3, 0.4) is 0 Å². The van der Waals surface area contributed by atoms with Crippen LogP contribution in [0.25, 0.3) is 10.8 Å². The Hall–Kier alpha value is -3.36. The number of benzene rings is 3. The Kier molecular flexibility index (Phi) is 5.20. The van der Waals surface area contributed by atoms with Crippen LogP contribution in [-0.4, -0.2) is 26.0 Å². The van der Waals surface area contributed by atoms with E-state index < -0.39 is 4.92 Å². The van der Waals surface area contributed by atoms with Gasteiger partial charge in [-0.15, -0.1) is 0 Å². The molecule has 0 bridgehead atoms. The lowest BCUT2D eigenvalue weighted by molar-refractivity contribution is -0.384. The molecule has 0 aliphatic carbocycles. The summed E-state index contributed by atoms with van der Waals surface area (Å²) < 4.78 is 1.84. The van der Waals surface area contributed by atoms with E-state index in [1.54, 1.807) is 6.07 Å². The Morgan fingerprint density at radius 1 is 1.21 bits per heavy atom. The fourth-order valence-electron chi connectivity index (χ4n) is 3.05. The highest BCUT2D eigenvalue weighted by Crippen LogP contribution is 2.24. The minimum absolute atomic E-state index is 0.0729. The predicted molar refractivity (Wildman–Crippen MR) is 115 cm³/mol. The second-order valence-corrected chi connectivity index (χ2v) is 7.08. The molecule has 0 saturated carbocycles. The van der Waals surface area contributed by atoms with E-state index in [0.29, 0.717) is 22.6 Å². The van der Waals surface area contributed by atoms with Crippen LogP contribution in [0.2, 0.25) is 5.02 Å². The first kappa shape index (κ1) is 19.0. The Morgan fingerprint density at radius 2 is 2.00 bits per heavy atom. The molecule has 9 heteroatoms. The van der Waals surface area contributed by atoms with Crippen LogP contribution in [0, 0.1) is 14.9 Å². The van der Waals surface area contributed by atoms with Gasteiger partial charge in [0.2, 0.25) is 4.77 Å². The highest BCUT2D eigenvalue weighted by atomic mass is 35.5. The quantitative estimate of drug-likeness (QED) is 0.208. The molecule has 1 N–H and O–H groups in total. The van der Waals surface area contributed by atoms with Gasteiger partial charge >= 0.3 is 0 Å². The Bertz CT molecular complexity index is 1310. The highest BCUT2D eigenvalue weighted by Gasteiger charge is 2.12. The molecule has 3 aromatic carbocycles. The van der Waals surface area contributed by atoms with Crippen LogP contribution in [-0.2, 0) is 6.42 Å². The van der Waals surface area contributed by atoms with E-state index in [9.17, 15) is 10.1 Å². The molecule has 1 heterocycles. The summed E-state index contributed by atoms with van der Waals surface area (Å²) >= 11 is 11.1.